The largest absolute Gasteiger partial charge is 0.469 e. The van der Waals surface area contributed by atoms with Crippen molar-refractivity contribution in [2.24, 2.45) is 0 Å². The van der Waals surface area contributed by atoms with Crippen LogP contribution in [0.5, 0.6) is 5.75 Å². The minimum absolute atomic E-state index is 0.0733. The van der Waals surface area contributed by atoms with E-state index in [1.807, 2.05) is 0 Å². The van der Waals surface area contributed by atoms with Gasteiger partial charge in [-0.2, -0.15) is 10.1 Å². The Balaban J connectivity index is 1.63. The van der Waals surface area contributed by atoms with Crippen molar-refractivity contribution in [3.63, 3.8) is 0 Å². The fourth-order valence-electron chi connectivity index (χ4n) is 4.05. The molecule has 0 saturated heterocycles. The van der Waals surface area contributed by atoms with Crippen LogP contribution in [0, 0.1) is 0 Å². The topological polar surface area (TPSA) is 182 Å². The summed E-state index contributed by atoms with van der Waals surface area (Å²) < 4.78 is 45.4. The lowest BCUT2D eigenvalue weighted by Crippen LogP contribution is -2.45. The van der Waals surface area contributed by atoms with Crippen LogP contribution in [-0.2, 0) is 27.8 Å². The lowest BCUT2D eigenvalue weighted by molar-refractivity contribution is -0.149. The van der Waals surface area contributed by atoms with Crippen molar-refractivity contribution in [2.75, 3.05) is 12.3 Å². The molecule has 0 bridgehead atoms. The number of aromatic nitrogens is 4. The number of ether oxygens (including phenoxy) is 2. The van der Waals surface area contributed by atoms with Crippen LogP contribution in [0.25, 0.3) is 11.2 Å². The number of benzene rings is 1. The van der Waals surface area contributed by atoms with Crippen LogP contribution >= 0.6 is 7.75 Å². The molecule has 1 aromatic carbocycles. The number of hydrogen-bond acceptors (Lipinski definition) is 11. The monoisotopic (exact) mass is 648 g/mol. The molecule has 14 nitrogen and oxygen atoms in total. The summed E-state index contributed by atoms with van der Waals surface area (Å²) in [6.45, 7) is 15.2. The fourth-order valence-corrected chi connectivity index (χ4v) is 6.72. The number of nitrogens with one attached hydrogen (secondary N) is 2. The number of rotatable bonds is 12. The number of carbonyl (C=O) groups is 1. The summed E-state index contributed by atoms with van der Waals surface area (Å²) in [5, 5.41) is 2.53. The molecule has 0 fully saturated rings. The normalized spacial score (nSPS) is 19.3. The summed E-state index contributed by atoms with van der Waals surface area (Å²) in [5.41, 5.74) is 5.64. The maximum absolute atomic E-state index is 14.0. The molecule has 4 N–H and O–H groups in total. The van der Waals surface area contributed by atoms with E-state index in [0.717, 1.165) is 0 Å². The zero-order chi connectivity index (χ0) is 32.4. The second-order valence-electron chi connectivity index (χ2n) is 12.3. The molecule has 3 heterocycles. The Labute approximate surface area is 257 Å². The quantitative estimate of drug-likeness (QED) is 0.141. The highest BCUT2D eigenvalue weighted by Crippen LogP contribution is 2.47. The fraction of sp³-hybridized carbons (Fsp3) is 0.500. The molecule has 1 aliphatic heterocycles. The number of carbonyl (C=O) groups excluding carboxylic acids is 1. The van der Waals surface area contributed by atoms with Gasteiger partial charge in [-0.15, -0.1) is 0 Å². The Bertz CT molecular complexity index is 1620. The van der Waals surface area contributed by atoms with Crippen LogP contribution in [0.2, 0.25) is 18.1 Å². The van der Waals surface area contributed by atoms with Crippen molar-refractivity contribution < 1.29 is 32.3 Å². The van der Waals surface area contributed by atoms with Gasteiger partial charge in [-0.3, -0.25) is 23.7 Å². The van der Waals surface area contributed by atoms with E-state index in [1.54, 1.807) is 54.8 Å². The van der Waals surface area contributed by atoms with Crippen LogP contribution in [0.4, 0.5) is 5.95 Å². The molecule has 16 heteroatoms. The van der Waals surface area contributed by atoms with Crippen LogP contribution in [-0.4, -0.2) is 58.7 Å². The van der Waals surface area contributed by atoms with E-state index in [2.05, 4.69) is 53.9 Å². The summed E-state index contributed by atoms with van der Waals surface area (Å²) >= 11 is 0. The lowest BCUT2D eigenvalue weighted by atomic mass is 10.2. The third-order valence-electron chi connectivity index (χ3n) is 7.27. The molecule has 0 aliphatic carbocycles. The van der Waals surface area contributed by atoms with Gasteiger partial charge in [0.25, 0.3) is 5.56 Å². The molecule has 2 aromatic heterocycles. The number of para-hydroxylation sites is 1. The molecule has 0 unspecified atom stereocenters. The maximum Gasteiger partial charge on any atom is 0.459 e. The van der Waals surface area contributed by atoms with Gasteiger partial charge in [-0.1, -0.05) is 39.0 Å². The molecule has 1 aliphatic rings. The van der Waals surface area contributed by atoms with Crippen molar-refractivity contribution in [3.8, 4) is 5.75 Å². The number of fused-ring (bicyclic) bond motifs is 1. The van der Waals surface area contributed by atoms with Gasteiger partial charge in [-0.25, -0.2) is 9.55 Å². The number of nitrogen functional groups attached to an aromatic ring is 1. The number of nitrogens with zero attached hydrogens (tertiary/aromatic N) is 3. The molecular formula is C28H41N6O8PSi. The second-order valence-corrected chi connectivity index (χ2v) is 18.7. The molecule has 0 spiro atoms. The first-order chi connectivity index (χ1) is 20.5. The lowest BCUT2D eigenvalue weighted by Gasteiger charge is -2.39. The van der Waals surface area contributed by atoms with E-state index in [-0.39, 0.29) is 46.4 Å². The Hall–Kier alpha value is -3.49. The number of esters is 1. The van der Waals surface area contributed by atoms with Crippen LogP contribution in [0.15, 0.2) is 53.3 Å². The third kappa shape index (κ3) is 7.77. The highest BCUT2D eigenvalue weighted by atomic mass is 31.2. The number of H-pyrrole nitrogens is 1. The first-order valence-electron chi connectivity index (χ1n) is 14.2. The van der Waals surface area contributed by atoms with E-state index in [4.69, 9.17) is 28.7 Å². The number of hydrogen-bond donors (Lipinski definition) is 3. The molecule has 44 heavy (non-hydrogen) atoms. The van der Waals surface area contributed by atoms with Crippen molar-refractivity contribution in [1.82, 2.24) is 24.6 Å². The van der Waals surface area contributed by atoms with E-state index in [0.29, 0.717) is 0 Å². The molecule has 0 saturated carbocycles. The Morgan fingerprint density at radius 2 is 1.91 bits per heavy atom. The van der Waals surface area contributed by atoms with Crippen LogP contribution in [0.1, 0.15) is 47.8 Å². The smallest absolute Gasteiger partial charge is 0.459 e. The average Bonchev–Trinajstić information content (AvgIpc) is 3.50. The zero-order valence-corrected chi connectivity index (χ0v) is 28.1. The van der Waals surface area contributed by atoms with Gasteiger partial charge >= 0.3 is 13.7 Å². The third-order valence-corrected chi connectivity index (χ3v) is 13.4. The van der Waals surface area contributed by atoms with Gasteiger partial charge < -0.3 is 24.2 Å². The average molecular weight is 649 g/mol. The predicted octanol–water partition coefficient (Wildman–Crippen LogP) is 4.64. The molecule has 4 atom stereocenters. The Kier molecular flexibility index (Phi) is 9.76. The standard InChI is InChI=1S/C28H41N6O8PSi/c1-17(2)39-26(36)18(3)33-43(37,41-19-12-10-9-11-13-19)38-15-20-14-21(42-44(7,8)28(4,5)6)25(40-20)34-16-30-22-23(34)31-27(29)32-24(22)35/h9-14,16-18,21,25H,15H2,1-8H3,(H,33,37)(H3,29,31,32,35)/t18-,21+,25+,43-/m0/s1. The van der Waals surface area contributed by atoms with Crippen molar-refractivity contribution >= 4 is 39.1 Å². The minimum Gasteiger partial charge on any atom is -0.469 e. The van der Waals surface area contributed by atoms with Crippen molar-refractivity contribution in [2.45, 2.75) is 84.2 Å². The van der Waals surface area contributed by atoms with E-state index < -0.39 is 46.0 Å². The predicted molar refractivity (Wildman–Crippen MR) is 167 cm³/mol. The van der Waals surface area contributed by atoms with E-state index in [1.165, 1.54) is 13.3 Å². The Morgan fingerprint density at radius 3 is 2.55 bits per heavy atom. The molecule has 4 rings (SSSR count). The summed E-state index contributed by atoms with van der Waals surface area (Å²) in [7, 11) is -6.52. The highest BCUT2D eigenvalue weighted by molar-refractivity contribution is 7.52. The number of imidazole rings is 1. The van der Waals surface area contributed by atoms with Crippen molar-refractivity contribution in [3.05, 3.63) is 58.8 Å². The van der Waals surface area contributed by atoms with E-state index in [9.17, 15) is 14.2 Å². The van der Waals surface area contributed by atoms with Gasteiger partial charge in [0.05, 0.1) is 6.10 Å². The van der Waals surface area contributed by atoms with E-state index >= 15 is 0 Å². The van der Waals surface area contributed by atoms with Gasteiger partial charge in [-0.05, 0) is 57.1 Å². The summed E-state index contributed by atoms with van der Waals surface area (Å²) in [6.07, 6.45) is 1.33. The minimum atomic E-state index is -4.16. The Morgan fingerprint density at radius 1 is 1.23 bits per heavy atom. The molecular weight excluding hydrogens is 607 g/mol. The maximum atomic E-state index is 14.0. The van der Waals surface area contributed by atoms with Gasteiger partial charge in [0.15, 0.2) is 19.5 Å². The van der Waals surface area contributed by atoms with Gasteiger partial charge in [0.1, 0.15) is 36.6 Å². The number of nitrogens with two attached hydrogens (primary N) is 1. The molecule has 240 valence electrons. The first kappa shape index (κ1) is 33.4. The molecule has 3 aromatic rings. The van der Waals surface area contributed by atoms with Crippen molar-refractivity contribution in [1.29, 1.82) is 0 Å². The summed E-state index contributed by atoms with van der Waals surface area (Å²) in [4.78, 5) is 35.9. The van der Waals surface area contributed by atoms with Gasteiger partial charge in [0, 0.05) is 0 Å². The van der Waals surface area contributed by atoms with Crippen LogP contribution in [0.3, 0.4) is 0 Å². The second kappa shape index (κ2) is 12.9. The highest BCUT2D eigenvalue weighted by Gasteiger charge is 2.44. The van der Waals surface area contributed by atoms with Crippen LogP contribution < -0.4 is 20.9 Å². The molecule has 0 amide bonds. The molecule has 0 radical (unpaired) electrons. The van der Waals surface area contributed by atoms with Gasteiger partial charge in [0.2, 0.25) is 12.2 Å². The first-order valence-corrected chi connectivity index (χ1v) is 18.7. The zero-order valence-electron chi connectivity index (χ0n) is 26.2. The SMILES string of the molecule is CC(C)OC(=O)[C@H](C)N[P@](=O)(OCC1=C[C@@H](O[Si](C)(C)C(C)(C)C)[C@H](n2cnc3c(=O)[nH]c(N)nc32)O1)Oc1ccccc1. The summed E-state index contributed by atoms with van der Waals surface area (Å²) in [6, 6.07) is 7.43. The summed E-state index contributed by atoms with van der Waals surface area (Å²) in [5.74, 6) is -0.136. The number of aromatic amines is 1. The number of anilines is 1.